The van der Waals surface area contributed by atoms with Crippen molar-refractivity contribution in [3.05, 3.63) is 0 Å². The zero-order valence-corrected chi connectivity index (χ0v) is 32.6. The maximum Gasteiger partial charge on any atom is 0.311 e. The molecule has 50 heavy (non-hydrogen) atoms. The summed E-state index contributed by atoms with van der Waals surface area (Å²) >= 11 is 0. The van der Waals surface area contributed by atoms with Crippen LogP contribution in [0.5, 0.6) is 0 Å². The molecular formula is C37H67NO12. The van der Waals surface area contributed by atoms with Crippen molar-refractivity contribution in [1.82, 2.24) is 4.90 Å². The summed E-state index contributed by atoms with van der Waals surface area (Å²) in [5.74, 6) is -4.59. The molecule has 0 aromatic heterocycles. The number of methoxy groups -OCH3 is 1. The van der Waals surface area contributed by atoms with E-state index in [0.29, 0.717) is 12.8 Å². The molecule has 3 rings (SSSR count). The number of hydrogen-bond donors (Lipinski definition) is 4. The standard InChI is InChI=1S/C37H67NO12/c1-14-26-20(4)29(40)21(5)28(39)18(2)16-36(9,44)33(50-35-30(41)25(38(11)12)15-19(3)46-35)22(6)31(23(7)34(43)48-26)49-27-17-37(10,45-13)32(42)24(8)47-27/h18-27,29-33,35,40-42,44H,14-17H2,1-13H3/t18-,19?,20+,21+,22+,23-,24?,25?,26-,27?,29+,30?,31+,32?,33-,35?,36-,37?/m1/s1. The van der Waals surface area contributed by atoms with E-state index in [1.54, 1.807) is 55.4 Å². The van der Waals surface area contributed by atoms with Crippen LogP contribution in [0.25, 0.3) is 0 Å². The Hall–Kier alpha value is -1.26. The van der Waals surface area contributed by atoms with Gasteiger partial charge in [0.25, 0.3) is 0 Å². The molecule has 0 aliphatic carbocycles. The number of carbonyl (C=O) groups excluding carboxylic acids is 2. The van der Waals surface area contributed by atoms with Crippen LogP contribution in [0, 0.1) is 29.6 Å². The van der Waals surface area contributed by atoms with Crippen LogP contribution in [0.15, 0.2) is 0 Å². The molecule has 13 heteroatoms. The van der Waals surface area contributed by atoms with Gasteiger partial charge in [0.15, 0.2) is 12.6 Å². The average Bonchev–Trinajstić information content (AvgIpc) is 3.05. The second-order valence-electron chi connectivity index (χ2n) is 16.2. The summed E-state index contributed by atoms with van der Waals surface area (Å²) in [4.78, 5) is 29.7. The summed E-state index contributed by atoms with van der Waals surface area (Å²) in [7, 11) is 5.23. The van der Waals surface area contributed by atoms with Crippen molar-refractivity contribution >= 4 is 11.8 Å². The largest absolute Gasteiger partial charge is 0.462 e. The Kier molecular flexibility index (Phi) is 14.9. The lowest BCUT2D eigenvalue weighted by molar-refractivity contribution is -0.317. The predicted molar refractivity (Wildman–Crippen MR) is 185 cm³/mol. The normalized spacial score (nSPS) is 49.0. The van der Waals surface area contributed by atoms with Gasteiger partial charge in [-0.2, -0.15) is 0 Å². The van der Waals surface area contributed by atoms with Crippen molar-refractivity contribution < 1.29 is 58.4 Å². The minimum atomic E-state index is -1.72. The smallest absolute Gasteiger partial charge is 0.311 e. The van der Waals surface area contributed by atoms with Crippen molar-refractivity contribution in [2.75, 3.05) is 21.2 Å². The minimum Gasteiger partial charge on any atom is -0.462 e. The van der Waals surface area contributed by atoms with Crippen LogP contribution < -0.4 is 0 Å². The molecule has 13 nitrogen and oxygen atoms in total. The van der Waals surface area contributed by atoms with Gasteiger partial charge in [-0.3, -0.25) is 9.59 Å². The van der Waals surface area contributed by atoms with Gasteiger partial charge in [0.2, 0.25) is 0 Å². The molecule has 0 radical (unpaired) electrons. The number of esters is 1. The molecule has 3 heterocycles. The predicted octanol–water partition coefficient (Wildman–Crippen LogP) is 2.67. The Labute approximate surface area is 299 Å². The van der Waals surface area contributed by atoms with E-state index in [0.717, 1.165) is 0 Å². The van der Waals surface area contributed by atoms with Gasteiger partial charge in [0.1, 0.15) is 24.1 Å². The molecule has 0 aromatic carbocycles. The molecule has 0 saturated carbocycles. The number of nitrogens with zero attached hydrogens (tertiary/aromatic N) is 1. The number of cyclic esters (lactones) is 1. The maximum absolute atomic E-state index is 14.0. The molecule has 0 aromatic rings. The number of aliphatic hydroxyl groups excluding tert-OH is 3. The molecule has 0 bridgehead atoms. The molecule has 8 unspecified atom stereocenters. The minimum absolute atomic E-state index is 0.0462. The molecule has 3 aliphatic heterocycles. The average molecular weight is 718 g/mol. The van der Waals surface area contributed by atoms with Gasteiger partial charge in [-0.05, 0) is 68.0 Å². The zero-order valence-electron chi connectivity index (χ0n) is 32.6. The Bertz CT molecular complexity index is 1120. The van der Waals surface area contributed by atoms with E-state index >= 15 is 0 Å². The first-order valence-electron chi connectivity index (χ1n) is 18.4. The summed E-state index contributed by atoms with van der Waals surface area (Å²) < 4.78 is 37.3. The van der Waals surface area contributed by atoms with Crippen LogP contribution in [-0.4, -0.2) is 137 Å². The third-order valence-corrected chi connectivity index (χ3v) is 11.8. The van der Waals surface area contributed by atoms with Crippen LogP contribution >= 0.6 is 0 Å². The molecular weight excluding hydrogens is 650 g/mol. The van der Waals surface area contributed by atoms with Crippen molar-refractivity contribution in [1.29, 1.82) is 0 Å². The number of Topliss-reactive ketones (excluding diaryl/α,β-unsaturated/α-hetero) is 1. The maximum atomic E-state index is 14.0. The Morgan fingerprint density at radius 3 is 2.06 bits per heavy atom. The molecule has 4 N–H and O–H groups in total. The van der Waals surface area contributed by atoms with Gasteiger partial charge >= 0.3 is 5.97 Å². The summed E-state index contributed by atoms with van der Waals surface area (Å²) in [5, 5.41) is 46.0. The monoisotopic (exact) mass is 717 g/mol. The number of ketones is 1. The molecule has 292 valence electrons. The molecule has 3 aliphatic rings. The second-order valence-corrected chi connectivity index (χ2v) is 16.2. The van der Waals surface area contributed by atoms with Crippen LogP contribution in [0.1, 0.15) is 94.9 Å². The van der Waals surface area contributed by atoms with E-state index in [1.807, 2.05) is 32.8 Å². The summed E-state index contributed by atoms with van der Waals surface area (Å²) in [6, 6.07) is -0.297. The van der Waals surface area contributed by atoms with Crippen molar-refractivity contribution in [2.24, 2.45) is 29.6 Å². The fraction of sp³-hybridized carbons (Fsp3) is 0.946. The van der Waals surface area contributed by atoms with Gasteiger partial charge in [0, 0.05) is 43.2 Å². The summed E-state index contributed by atoms with van der Waals surface area (Å²) in [5.41, 5.74) is -2.73. The van der Waals surface area contributed by atoms with E-state index < -0.39 is 102 Å². The highest BCUT2D eigenvalue weighted by Gasteiger charge is 2.52. The fourth-order valence-corrected chi connectivity index (χ4v) is 8.36. The highest BCUT2D eigenvalue weighted by molar-refractivity contribution is 5.83. The molecule has 3 saturated heterocycles. The van der Waals surface area contributed by atoms with Gasteiger partial charge in [0.05, 0.1) is 47.6 Å². The summed E-state index contributed by atoms with van der Waals surface area (Å²) in [6.07, 6.45) is -7.91. The van der Waals surface area contributed by atoms with Crippen molar-refractivity contribution in [2.45, 2.75) is 174 Å². The van der Waals surface area contributed by atoms with Crippen molar-refractivity contribution in [3.63, 3.8) is 0 Å². The van der Waals surface area contributed by atoms with Crippen molar-refractivity contribution in [3.8, 4) is 0 Å². The lowest BCUT2D eigenvalue weighted by Crippen LogP contribution is -2.60. The molecule has 0 amide bonds. The highest BCUT2D eigenvalue weighted by Crippen LogP contribution is 2.40. The van der Waals surface area contributed by atoms with Crippen LogP contribution in [0.4, 0.5) is 0 Å². The van der Waals surface area contributed by atoms with E-state index in [-0.39, 0.29) is 30.8 Å². The molecule has 3 fully saturated rings. The Morgan fingerprint density at radius 2 is 1.50 bits per heavy atom. The number of ether oxygens (including phenoxy) is 6. The number of carbonyl (C=O) groups is 2. The van der Waals surface area contributed by atoms with Gasteiger partial charge in [-0.15, -0.1) is 0 Å². The van der Waals surface area contributed by atoms with E-state index in [4.69, 9.17) is 28.4 Å². The van der Waals surface area contributed by atoms with E-state index in [1.165, 1.54) is 7.11 Å². The first kappa shape index (κ1) is 43.1. The lowest BCUT2D eigenvalue weighted by atomic mass is 9.74. The third-order valence-electron chi connectivity index (χ3n) is 11.8. The number of hydrogen-bond acceptors (Lipinski definition) is 13. The Morgan fingerprint density at radius 1 is 0.880 bits per heavy atom. The lowest BCUT2D eigenvalue weighted by Gasteiger charge is -2.49. The van der Waals surface area contributed by atoms with Crippen LogP contribution in [-0.2, 0) is 38.0 Å². The Balaban J connectivity index is 2.16. The fourth-order valence-electron chi connectivity index (χ4n) is 8.36. The van der Waals surface area contributed by atoms with Gasteiger partial charge in [-0.1, -0.05) is 34.6 Å². The first-order chi connectivity index (χ1) is 23.1. The second kappa shape index (κ2) is 17.3. The highest BCUT2D eigenvalue weighted by atomic mass is 16.7. The number of likely N-dealkylation sites (N-methyl/N-ethyl adjacent to an activating group) is 1. The first-order valence-corrected chi connectivity index (χ1v) is 18.4. The number of rotatable bonds is 7. The van der Waals surface area contributed by atoms with Gasteiger partial charge < -0.3 is 53.7 Å². The van der Waals surface area contributed by atoms with E-state index in [2.05, 4.69) is 0 Å². The molecule has 0 spiro atoms. The zero-order chi connectivity index (χ0) is 38.0. The third kappa shape index (κ3) is 9.45. The summed E-state index contributed by atoms with van der Waals surface area (Å²) in [6.45, 7) is 17.4. The topological polar surface area (TPSA) is 174 Å². The van der Waals surface area contributed by atoms with Gasteiger partial charge in [-0.25, -0.2) is 0 Å². The molecule has 18 atom stereocenters. The quantitative estimate of drug-likeness (QED) is 0.284. The van der Waals surface area contributed by atoms with Crippen LogP contribution in [0.2, 0.25) is 0 Å². The van der Waals surface area contributed by atoms with Crippen LogP contribution in [0.3, 0.4) is 0 Å². The van der Waals surface area contributed by atoms with E-state index in [9.17, 15) is 30.0 Å². The SMILES string of the molecule is CC[C@H]1OC(=O)[C@H](C)[C@@H](OC2CC(C)(OC)C(O)C(C)O2)[C@H](C)[C@@H](OC2OC(C)CC(N(C)C)C2O)[C@](C)(O)C[C@@H](C)C(=O)[C@H](C)[C@@H](O)[C@H]1C. The number of aliphatic hydroxyl groups is 4.